The molecular formula is C14H14N4O2. The van der Waals surface area contributed by atoms with E-state index in [2.05, 4.69) is 20.8 Å². The standard InChI is InChI=1S/C14H14N4O2/c19-14-15-7-11(16-14)8-1-3-9(4-2-8)12-17-13(20-18-12)10-5-6-10/h1-4,10-11H,5-7H2,(H2,15,16,19). The van der Waals surface area contributed by atoms with Crippen LogP contribution in [0.2, 0.25) is 0 Å². The summed E-state index contributed by atoms with van der Waals surface area (Å²) in [6.45, 7) is 0.617. The van der Waals surface area contributed by atoms with Gasteiger partial charge in [0, 0.05) is 18.0 Å². The summed E-state index contributed by atoms with van der Waals surface area (Å²) in [7, 11) is 0. The Morgan fingerprint density at radius 3 is 2.65 bits per heavy atom. The molecule has 1 atom stereocenters. The molecule has 2 aliphatic rings. The summed E-state index contributed by atoms with van der Waals surface area (Å²) < 4.78 is 5.26. The van der Waals surface area contributed by atoms with Gasteiger partial charge in [0.1, 0.15) is 0 Å². The topological polar surface area (TPSA) is 80.1 Å². The van der Waals surface area contributed by atoms with Gasteiger partial charge in [0.25, 0.3) is 0 Å². The zero-order chi connectivity index (χ0) is 13.5. The smallest absolute Gasteiger partial charge is 0.315 e. The molecule has 0 spiro atoms. The molecule has 6 nitrogen and oxygen atoms in total. The molecule has 2 aromatic rings. The maximum Gasteiger partial charge on any atom is 0.315 e. The van der Waals surface area contributed by atoms with Gasteiger partial charge >= 0.3 is 6.03 Å². The first-order valence-electron chi connectivity index (χ1n) is 6.78. The van der Waals surface area contributed by atoms with Gasteiger partial charge in [-0.15, -0.1) is 0 Å². The highest BCUT2D eigenvalue weighted by Gasteiger charge is 2.29. The number of benzene rings is 1. The van der Waals surface area contributed by atoms with E-state index in [9.17, 15) is 4.79 Å². The van der Waals surface area contributed by atoms with E-state index < -0.39 is 0 Å². The van der Waals surface area contributed by atoms with Crippen LogP contribution in [-0.2, 0) is 0 Å². The summed E-state index contributed by atoms with van der Waals surface area (Å²) in [6.07, 6.45) is 2.30. The van der Waals surface area contributed by atoms with E-state index >= 15 is 0 Å². The van der Waals surface area contributed by atoms with Gasteiger partial charge < -0.3 is 15.2 Å². The van der Waals surface area contributed by atoms with Crippen LogP contribution in [0.4, 0.5) is 4.79 Å². The van der Waals surface area contributed by atoms with Crippen molar-refractivity contribution in [2.24, 2.45) is 0 Å². The van der Waals surface area contributed by atoms with Crippen LogP contribution < -0.4 is 10.6 Å². The number of hydrogen-bond acceptors (Lipinski definition) is 4. The molecule has 2 heterocycles. The Labute approximate surface area is 115 Å². The molecule has 2 amide bonds. The van der Waals surface area contributed by atoms with Crippen LogP contribution in [-0.4, -0.2) is 22.7 Å². The minimum atomic E-state index is -0.119. The van der Waals surface area contributed by atoms with E-state index in [1.807, 2.05) is 24.3 Å². The lowest BCUT2D eigenvalue weighted by atomic mass is 10.1. The SMILES string of the molecule is O=C1NCC(c2ccc(-c3noc(C4CC4)n3)cc2)N1. The Kier molecular flexibility index (Phi) is 2.48. The molecular weight excluding hydrogens is 256 g/mol. The van der Waals surface area contributed by atoms with Gasteiger partial charge in [-0.2, -0.15) is 4.98 Å². The monoisotopic (exact) mass is 270 g/mol. The first kappa shape index (κ1) is 11.5. The first-order valence-corrected chi connectivity index (χ1v) is 6.78. The average molecular weight is 270 g/mol. The first-order chi connectivity index (χ1) is 9.79. The summed E-state index contributed by atoms with van der Waals surface area (Å²) in [4.78, 5) is 15.6. The number of amides is 2. The fourth-order valence-corrected chi connectivity index (χ4v) is 2.37. The molecule has 1 saturated carbocycles. The number of nitrogens with one attached hydrogen (secondary N) is 2. The van der Waals surface area contributed by atoms with Crippen molar-refractivity contribution >= 4 is 6.03 Å². The van der Waals surface area contributed by atoms with Crippen molar-refractivity contribution in [3.05, 3.63) is 35.7 Å². The van der Waals surface area contributed by atoms with Crippen molar-refractivity contribution < 1.29 is 9.32 Å². The molecule has 1 aliphatic carbocycles. The Morgan fingerprint density at radius 2 is 2.00 bits per heavy atom. The Hall–Kier alpha value is -2.37. The maximum absolute atomic E-state index is 11.1. The second-order valence-electron chi connectivity index (χ2n) is 5.26. The number of hydrogen-bond donors (Lipinski definition) is 2. The molecule has 0 radical (unpaired) electrons. The molecule has 2 N–H and O–H groups in total. The van der Waals surface area contributed by atoms with Gasteiger partial charge in [-0.25, -0.2) is 4.79 Å². The van der Waals surface area contributed by atoms with Gasteiger partial charge in [0.05, 0.1) is 6.04 Å². The highest BCUT2D eigenvalue weighted by Crippen LogP contribution is 2.39. The van der Waals surface area contributed by atoms with E-state index in [-0.39, 0.29) is 12.1 Å². The number of aromatic nitrogens is 2. The zero-order valence-electron chi connectivity index (χ0n) is 10.8. The van der Waals surface area contributed by atoms with Crippen molar-refractivity contribution in [1.29, 1.82) is 0 Å². The molecule has 1 aromatic heterocycles. The van der Waals surface area contributed by atoms with Crippen LogP contribution in [0.15, 0.2) is 28.8 Å². The fraction of sp³-hybridized carbons (Fsp3) is 0.357. The summed E-state index contributed by atoms with van der Waals surface area (Å²) in [6, 6.07) is 7.80. The summed E-state index contributed by atoms with van der Waals surface area (Å²) >= 11 is 0. The quantitative estimate of drug-likeness (QED) is 0.893. The lowest BCUT2D eigenvalue weighted by Crippen LogP contribution is -2.21. The molecule has 1 saturated heterocycles. The molecule has 4 rings (SSSR count). The average Bonchev–Trinajstić information content (AvgIpc) is 3.04. The molecule has 20 heavy (non-hydrogen) atoms. The normalized spacial score (nSPS) is 21.6. The van der Waals surface area contributed by atoms with Gasteiger partial charge in [0.15, 0.2) is 0 Å². The largest absolute Gasteiger partial charge is 0.339 e. The second kappa shape index (κ2) is 4.33. The molecule has 6 heteroatoms. The van der Waals surface area contributed by atoms with Crippen LogP contribution >= 0.6 is 0 Å². The predicted molar refractivity (Wildman–Crippen MR) is 71.0 cm³/mol. The fourth-order valence-electron chi connectivity index (χ4n) is 2.37. The zero-order valence-corrected chi connectivity index (χ0v) is 10.8. The minimum absolute atomic E-state index is 0.0313. The third kappa shape index (κ3) is 2.03. The Balaban J connectivity index is 1.55. The maximum atomic E-state index is 11.1. The van der Waals surface area contributed by atoms with Gasteiger partial charge in [0.2, 0.25) is 11.7 Å². The lowest BCUT2D eigenvalue weighted by molar-refractivity contribution is 0.247. The molecule has 2 fully saturated rings. The number of urea groups is 1. The van der Waals surface area contributed by atoms with Crippen LogP contribution in [0.5, 0.6) is 0 Å². The number of carbonyl (C=O) groups excluding carboxylic acids is 1. The summed E-state index contributed by atoms with van der Waals surface area (Å²) in [5.74, 6) is 1.85. The van der Waals surface area contributed by atoms with Crippen LogP contribution in [0.3, 0.4) is 0 Å². The van der Waals surface area contributed by atoms with Gasteiger partial charge in [-0.05, 0) is 18.4 Å². The second-order valence-corrected chi connectivity index (χ2v) is 5.26. The van der Waals surface area contributed by atoms with Crippen LogP contribution in [0.25, 0.3) is 11.4 Å². The molecule has 1 aromatic carbocycles. The van der Waals surface area contributed by atoms with E-state index in [1.54, 1.807) is 0 Å². The van der Waals surface area contributed by atoms with Gasteiger partial charge in [-0.1, -0.05) is 29.4 Å². The van der Waals surface area contributed by atoms with E-state index in [4.69, 9.17) is 4.52 Å². The highest BCUT2D eigenvalue weighted by atomic mass is 16.5. The van der Waals surface area contributed by atoms with E-state index in [0.29, 0.717) is 18.3 Å². The third-order valence-electron chi connectivity index (χ3n) is 3.71. The molecule has 0 bridgehead atoms. The van der Waals surface area contributed by atoms with Crippen molar-refractivity contribution in [2.75, 3.05) is 6.54 Å². The van der Waals surface area contributed by atoms with Gasteiger partial charge in [-0.3, -0.25) is 0 Å². The van der Waals surface area contributed by atoms with Crippen molar-refractivity contribution in [1.82, 2.24) is 20.8 Å². The molecule has 1 aliphatic heterocycles. The predicted octanol–water partition coefficient (Wildman–Crippen LogP) is 1.97. The third-order valence-corrected chi connectivity index (χ3v) is 3.71. The van der Waals surface area contributed by atoms with E-state index in [1.165, 1.54) is 0 Å². The van der Waals surface area contributed by atoms with Crippen LogP contribution in [0.1, 0.15) is 36.3 Å². The number of carbonyl (C=O) groups is 1. The number of nitrogens with zero attached hydrogens (tertiary/aromatic N) is 2. The van der Waals surface area contributed by atoms with E-state index in [0.717, 1.165) is 29.9 Å². The Morgan fingerprint density at radius 1 is 1.20 bits per heavy atom. The Bertz CT molecular complexity index is 645. The highest BCUT2D eigenvalue weighted by molar-refractivity contribution is 5.77. The van der Waals surface area contributed by atoms with Crippen molar-refractivity contribution in [3.63, 3.8) is 0 Å². The molecule has 1 unspecified atom stereocenters. The number of rotatable bonds is 3. The minimum Gasteiger partial charge on any atom is -0.339 e. The molecule has 102 valence electrons. The van der Waals surface area contributed by atoms with Crippen LogP contribution in [0, 0.1) is 0 Å². The van der Waals surface area contributed by atoms with Crippen molar-refractivity contribution in [2.45, 2.75) is 24.8 Å². The summed E-state index contributed by atoms with van der Waals surface area (Å²) in [5, 5.41) is 9.62. The summed E-state index contributed by atoms with van der Waals surface area (Å²) in [5.41, 5.74) is 2.00. The lowest BCUT2D eigenvalue weighted by Gasteiger charge is -2.08. The van der Waals surface area contributed by atoms with Crippen molar-refractivity contribution in [3.8, 4) is 11.4 Å².